The SMILES string of the molecule is Cc1ccc(F)c(NC(=O)c2ccc(F)c(Oc3ccnc(-c4cc(C(=O)N[C@@H](CCC(=O)O)C(=O)O)c[nH]4)c3)c2)c1. The van der Waals surface area contributed by atoms with Crippen LogP contribution >= 0.6 is 0 Å². The van der Waals surface area contributed by atoms with Gasteiger partial charge < -0.3 is 30.6 Å². The lowest BCUT2D eigenvalue weighted by atomic mass is 10.1. The molecule has 5 N–H and O–H groups in total. The Morgan fingerprint density at radius 3 is 2.45 bits per heavy atom. The van der Waals surface area contributed by atoms with Crippen molar-refractivity contribution < 1.29 is 42.9 Å². The van der Waals surface area contributed by atoms with Crippen molar-refractivity contribution >= 4 is 29.4 Å². The standard InChI is InChI=1S/C29H24F2N4O7/c1-15-2-4-19(30)22(10-15)35-27(38)16-3-5-20(31)25(12-16)42-18-8-9-32-24(13-18)23-11-17(14-33-23)28(39)34-21(29(40)41)6-7-26(36)37/h2-5,8-14,21,33H,6-7H2,1H3,(H,34,39)(H,35,38)(H,36,37)(H,40,41)/t21-/m0/s1. The number of aromatic nitrogens is 2. The number of pyridine rings is 1. The fourth-order valence-corrected chi connectivity index (χ4v) is 3.84. The molecule has 0 aliphatic heterocycles. The van der Waals surface area contributed by atoms with E-state index in [9.17, 15) is 33.1 Å². The third kappa shape index (κ3) is 7.33. The predicted molar refractivity (Wildman–Crippen MR) is 145 cm³/mol. The molecule has 42 heavy (non-hydrogen) atoms. The van der Waals surface area contributed by atoms with Gasteiger partial charge in [0.1, 0.15) is 17.6 Å². The van der Waals surface area contributed by atoms with E-state index in [2.05, 4.69) is 20.6 Å². The van der Waals surface area contributed by atoms with E-state index in [0.717, 1.165) is 11.6 Å². The molecular formula is C29H24F2N4O7. The normalized spacial score (nSPS) is 11.4. The molecule has 0 fully saturated rings. The number of halogens is 2. The first-order valence-corrected chi connectivity index (χ1v) is 12.5. The minimum Gasteiger partial charge on any atom is -0.481 e. The molecule has 2 heterocycles. The molecule has 2 aromatic carbocycles. The lowest BCUT2D eigenvalue weighted by Crippen LogP contribution is -2.41. The second-order valence-electron chi connectivity index (χ2n) is 9.16. The molecule has 4 rings (SSSR count). The number of ether oxygens (including phenoxy) is 1. The van der Waals surface area contributed by atoms with Crippen LogP contribution in [0.25, 0.3) is 11.4 Å². The smallest absolute Gasteiger partial charge is 0.326 e. The number of nitrogens with one attached hydrogen (secondary N) is 3. The number of benzene rings is 2. The molecule has 4 aromatic rings. The summed E-state index contributed by atoms with van der Waals surface area (Å²) in [5.74, 6) is -5.51. The van der Waals surface area contributed by atoms with Crippen LogP contribution in [0.15, 0.2) is 67.0 Å². The summed E-state index contributed by atoms with van der Waals surface area (Å²) in [6, 6.07) is 10.5. The maximum absolute atomic E-state index is 14.6. The Morgan fingerprint density at radius 2 is 1.71 bits per heavy atom. The topological polar surface area (TPSA) is 171 Å². The van der Waals surface area contributed by atoms with Gasteiger partial charge in [-0.15, -0.1) is 0 Å². The van der Waals surface area contributed by atoms with E-state index < -0.39 is 47.9 Å². The first-order chi connectivity index (χ1) is 20.0. The zero-order chi connectivity index (χ0) is 30.4. The summed E-state index contributed by atoms with van der Waals surface area (Å²) in [4.78, 5) is 54.4. The van der Waals surface area contributed by atoms with Gasteiger partial charge in [0.25, 0.3) is 11.8 Å². The fraction of sp³-hybridized carbons (Fsp3) is 0.138. The van der Waals surface area contributed by atoms with Crippen molar-refractivity contribution in [2.45, 2.75) is 25.8 Å². The number of carbonyl (C=O) groups excluding carboxylic acids is 2. The molecule has 0 spiro atoms. The third-order valence-corrected chi connectivity index (χ3v) is 5.99. The largest absolute Gasteiger partial charge is 0.481 e. The highest BCUT2D eigenvalue weighted by atomic mass is 19.1. The van der Waals surface area contributed by atoms with Crippen LogP contribution in [-0.4, -0.2) is 50.0 Å². The Morgan fingerprint density at radius 1 is 0.952 bits per heavy atom. The van der Waals surface area contributed by atoms with Gasteiger partial charge in [0.2, 0.25) is 0 Å². The summed E-state index contributed by atoms with van der Waals surface area (Å²) in [6.45, 7) is 1.74. The quantitative estimate of drug-likeness (QED) is 0.170. The first kappa shape index (κ1) is 29.4. The highest BCUT2D eigenvalue weighted by Crippen LogP contribution is 2.29. The Bertz CT molecular complexity index is 1670. The average Bonchev–Trinajstić information content (AvgIpc) is 3.45. The molecule has 0 aliphatic carbocycles. The van der Waals surface area contributed by atoms with Crippen molar-refractivity contribution in [3.63, 3.8) is 0 Å². The maximum Gasteiger partial charge on any atom is 0.326 e. The van der Waals surface area contributed by atoms with Crippen LogP contribution in [0.5, 0.6) is 11.5 Å². The first-order valence-electron chi connectivity index (χ1n) is 12.5. The minimum atomic E-state index is -1.40. The Hall–Kier alpha value is -5.59. The van der Waals surface area contributed by atoms with Gasteiger partial charge in [-0.25, -0.2) is 13.6 Å². The van der Waals surface area contributed by atoms with Crippen molar-refractivity contribution in [3.05, 3.63) is 95.3 Å². The van der Waals surface area contributed by atoms with Gasteiger partial charge in [-0.3, -0.25) is 19.4 Å². The van der Waals surface area contributed by atoms with Crippen molar-refractivity contribution in [2.75, 3.05) is 5.32 Å². The zero-order valence-electron chi connectivity index (χ0n) is 22.0. The number of carboxylic acid groups (broad SMARTS) is 2. The number of H-pyrrole nitrogens is 1. The van der Waals surface area contributed by atoms with Crippen LogP contribution in [-0.2, 0) is 9.59 Å². The second kappa shape index (κ2) is 12.7. The molecule has 0 unspecified atom stereocenters. The lowest BCUT2D eigenvalue weighted by molar-refractivity contribution is -0.140. The summed E-state index contributed by atoms with van der Waals surface area (Å²) < 4.78 is 34.3. The number of amides is 2. The zero-order valence-corrected chi connectivity index (χ0v) is 22.0. The molecule has 0 saturated carbocycles. The Labute approximate surface area is 237 Å². The number of anilines is 1. The van der Waals surface area contributed by atoms with Gasteiger partial charge in [-0.05, 0) is 61.4 Å². The van der Waals surface area contributed by atoms with Crippen molar-refractivity contribution in [1.82, 2.24) is 15.3 Å². The van der Waals surface area contributed by atoms with Gasteiger partial charge in [0.05, 0.1) is 22.6 Å². The minimum absolute atomic E-state index is 0.0182. The number of carboxylic acids is 2. The highest BCUT2D eigenvalue weighted by molar-refractivity contribution is 6.04. The number of nitrogens with zero attached hydrogens (tertiary/aromatic N) is 1. The Kier molecular flexibility index (Phi) is 8.90. The van der Waals surface area contributed by atoms with E-state index >= 15 is 0 Å². The van der Waals surface area contributed by atoms with Gasteiger partial charge >= 0.3 is 11.9 Å². The van der Waals surface area contributed by atoms with E-state index in [0.29, 0.717) is 5.69 Å². The third-order valence-electron chi connectivity index (χ3n) is 5.99. The number of rotatable bonds is 11. The molecule has 0 aliphatic rings. The van der Waals surface area contributed by atoms with Crippen LogP contribution in [0.2, 0.25) is 0 Å². The summed E-state index contributed by atoms with van der Waals surface area (Å²) in [7, 11) is 0. The molecule has 13 heteroatoms. The van der Waals surface area contributed by atoms with Crippen molar-refractivity contribution in [2.24, 2.45) is 0 Å². The summed E-state index contributed by atoms with van der Waals surface area (Å²) in [5, 5.41) is 22.8. The molecule has 216 valence electrons. The summed E-state index contributed by atoms with van der Waals surface area (Å²) in [6.07, 6.45) is 1.95. The number of aryl methyl sites for hydroxylation is 1. The average molecular weight is 579 g/mol. The molecule has 0 radical (unpaired) electrons. The van der Waals surface area contributed by atoms with E-state index in [4.69, 9.17) is 9.84 Å². The number of carbonyl (C=O) groups is 4. The number of aromatic amines is 1. The monoisotopic (exact) mass is 578 g/mol. The van der Waals surface area contributed by atoms with Gasteiger partial charge in [0, 0.05) is 30.4 Å². The van der Waals surface area contributed by atoms with E-state index in [1.54, 1.807) is 13.0 Å². The summed E-state index contributed by atoms with van der Waals surface area (Å²) >= 11 is 0. The van der Waals surface area contributed by atoms with Crippen LogP contribution in [0.4, 0.5) is 14.5 Å². The molecule has 1 atom stereocenters. The van der Waals surface area contributed by atoms with E-state index in [-0.39, 0.29) is 40.4 Å². The molecule has 11 nitrogen and oxygen atoms in total. The maximum atomic E-state index is 14.6. The van der Waals surface area contributed by atoms with E-state index in [1.165, 1.54) is 54.9 Å². The van der Waals surface area contributed by atoms with Crippen LogP contribution < -0.4 is 15.4 Å². The van der Waals surface area contributed by atoms with Crippen molar-refractivity contribution in [3.8, 4) is 22.9 Å². The molecule has 0 saturated heterocycles. The lowest BCUT2D eigenvalue weighted by Gasteiger charge is -2.12. The molecule has 2 amide bonds. The molecule has 2 aromatic heterocycles. The van der Waals surface area contributed by atoms with Gasteiger partial charge in [-0.2, -0.15) is 0 Å². The Balaban J connectivity index is 1.48. The predicted octanol–water partition coefficient (Wildman–Crippen LogP) is 4.76. The van der Waals surface area contributed by atoms with Crippen LogP contribution in [0.3, 0.4) is 0 Å². The van der Waals surface area contributed by atoms with E-state index in [1.807, 2.05) is 0 Å². The fourth-order valence-electron chi connectivity index (χ4n) is 3.84. The highest BCUT2D eigenvalue weighted by Gasteiger charge is 2.22. The number of aliphatic carboxylic acids is 2. The van der Waals surface area contributed by atoms with Crippen LogP contribution in [0.1, 0.15) is 39.1 Å². The second-order valence-corrected chi connectivity index (χ2v) is 9.16. The van der Waals surface area contributed by atoms with Gasteiger partial charge in [-0.1, -0.05) is 6.07 Å². The summed E-state index contributed by atoms with van der Waals surface area (Å²) in [5.41, 5.74) is 1.43. The van der Waals surface area contributed by atoms with Gasteiger partial charge in [0.15, 0.2) is 11.6 Å². The van der Waals surface area contributed by atoms with Crippen LogP contribution in [0, 0.1) is 18.6 Å². The number of hydrogen-bond donors (Lipinski definition) is 5. The number of hydrogen-bond acceptors (Lipinski definition) is 6. The molecular weight excluding hydrogens is 554 g/mol. The van der Waals surface area contributed by atoms with Crippen molar-refractivity contribution in [1.29, 1.82) is 0 Å². The molecule has 0 bridgehead atoms.